The van der Waals surface area contributed by atoms with Crippen molar-refractivity contribution < 1.29 is 17.7 Å². The van der Waals surface area contributed by atoms with E-state index in [2.05, 4.69) is 9.88 Å². The van der Waals surface area contributed by atoms with E-state index in [1.165, 1.54) is 0 Å². The minimum Gasteiger partial charge on any atom is -0.377 e. The number of nitrogens with one attached hydrogen (secondary N) is 1. The molecule has 126 valence electrons. The Hall–Kier alpha value is -1.09. The number of ether oxygens (including phenoxy) is 1. The van der Waals surface area contributed by atoms with Gasteiger partial charge in [-0.3, -0.25) is 0 Å². The van der Waals surface area contributed by atoms with Crippen LogP contribution in [0.3, 0.4) is 0 Å². The molecule has 0 aliphatic carbocycles. The third-order valence-corrected chi connectivity index (χ3v) is 6.45. The van der Waals surface area contributed by atoms with E-state index < -0.39 is 15.6 Å². The van der Waals surface area contributed by atoms with Crippen molar-refractivity contribution in [2.45, 2.75) is 24.2 Å². The number of benzene rings is 1. The highest BCUT2D eigenvalue weighted by atomic mass is 32.2. The molecule has 1 aliphatic heterocycles. The molecule has 8 heteroatoms. The van der Waals surface area contributed by atoms with Crippen LogP contribution in [0, 0.1) is 0 Å². The van der Waals surface area contributed by atoms with Gasteiger partial charge in [0.05, 0.1) is 5.60 Å². The molecule has 2 aromatic rings. The Kier molecular flexibility index (Phi) is 4.96. The number of hydrogen-bond donors (Lipinski definition) is 1. The molecule has 2 heterocycles. The maximum absolute atomic E-state index is 12.4. The lowest BCUT2D eigenvalue weighted by molar-refractivity contribution is -0.0119. The van der Waals surface area contributed by atoms with Crippen LogP contribution in [0.5, 0.6) is 0 Å². The fourth-order valence-corrected chi connectivity index (χ4v) is 5.10. The van der Waals surface area contributed by atoms with E-state index in [-0.39, 0.29) is 5.75 Å². The summed E-state index contributed by atoms with van der Waals surface area (Å²) in [6.45, 7) is 0.294. The van der Waals surface area contributed by atoms with Crippen LogP contribution in [0.4, 0.5) is 0 Å². The third-order valence-electron chi connectivity index (χ3n) is 4.23. The first kappa shape index (κ1) is 16.8. The van der Waals surface area contributed by atoms with Crippen molar-refractivity contribution in [3.8, 4) is 0 Å². The second-order valence-corrected chi connectivity index (χ2v) is 8.74. The van der Waals surface area contributed by atoms with Crippen LogP contribution in [0.1, 0.15) is 18.5 Å². The van der Waals surface area contributed by atoms with E-state index in [9.17, 15) is 8.42 Å². The molecule has 0 bridgehead atoms. The van der Waals surface area contributed by atoms with E-state index in [4.69, 9.17) is 9.26 Å². The summed E-state index contributed by atoms with van der Waals surface area (Å²) >= 11 is 1.87. The highest BCUT2D eigenvalue weighted by Gasteiger charge is 2.33. The zero-order valence-electron chi connectivity index (χ0n) is 12.9. The van der Waals surface area contributed by atoms with E-state index in [0.717, 1.165) is 29.7 Å². The van der Waals surface area contributed by atoms with Crippen molar-refractivity contribution in [2.75, 3.05) is 25.2 Å². The molecule has 0 amide bonds. The molecule has 1 N–H and O–H groups in total. The topological polar surface area (TPSA) is 81.4 Å². The summed E-state index contributed by atoms with van der Waals surface area (Å²) in [6, 6.07) is 7.24. The van der Waals surface area contributed by atoms with Crippen LogP contribution in [0.2, 0.25) is 0 Å². The van der Waals surface area contributed by atoms with Crippen molar-refractivity contribution in [3.63, 3.8) is 0 Å². The summed E-state index contributed by atoms with van der Waals surface area (Å²) < 4.78 is 38.2. The Morgan fingerprint density at radius 3 is 2.83 bits per heavy atom. The van der Waals surface area contributed by atoms with E-state index >= 15 is 0 Å². The zero-order valence-corrected chi connectivity index (χ0v) is 14.6. The first-order chi connectivity index (χ1) is 11.0. The summed E-state index contributed by atoms with van der Waals surface area (Å²) in [5.41, 5.74) is 0.624. The van der Waals surface area contributed by atoms with Gasteiger partial charge in [0.25, 0.3) is 0 Å². The zero-order chi connectivity index (χ0) is 16.3. The predicted molar refractivity (Wildman–Crippen MR) is 90.9 cm³/mol. The normalized spacial score (nSPS) is 18.3. The van der Waals surface area contributed by atoms with Gasteiger partial charge in [-0.15, -0.1) is 0 Å². The molecule has 3 rings (SSSR count). The molecule has 23 heavy (non-hydrogen) atoms. The number of para-hydroxylation sites is 1. The molecule has 0 spiro atoms. The van der Waals surface area contributed by atoms with Crippen LogP contribution in [0.25, 0.3) is 11.0 Å². The number of nitrogens with zero attached hydrogens (tertiary/aromatic N) is 1. The molecule has 1 saturated heterocycles. The summed E-state index contributed by atoms with van der Waals surface area (Å²) in [5.74, 6) is 1.78. The second-order valence-electron chi connectivity index (χ2n) is 5.71. The summed E-state index contributed by atoms with van der Waals surface area (Å²) in [4.78, 5) is 0. The largest absolute Gasteiger partial charge is 0.377 e. The van der Waals surface area contributed by atoms with Crippen molar-refractivity contribution >= 4 is 32.8 Å². The number of sulfonamides is 1. The minimum atomic E-state index is -3.50. The Balaban J connectivity index is 1.69. The Bertz CT molecular complexity index is 767. The molecule has 0 saturated carbocycles. The first-order valence-corrected chi connectivity index (χ1v) is 10.3. The molecule has 1 aromatic heterocycles. The summed E-state index contributed by atoms with van der Waals surface area (Å²) in [7, 11) is -1.85. The standard InChI is InChI=1S/C15H20N2O4S2/c1-20-15(6-8-22-9-7-15)11-16-23(18,19)10-13-12-4-2-3-5-14(12)21-17-13/h2-5,16H,6-11H2,1H3. The SMILES string of the molecule is COC1(CNS(=O)(=O)Cc2noc3ccccc23)CCSCC1. The number of rotatable bonds is 6. The lowest BCUT2D eigenvalue weighted by Crippen LogP contribution is -2.47. The van der Waals surface area contributed by atoms with Gasteiger partial charge in [-0.1, -0.05) is 17.3 Å². The average Bonchev–Trinajstić information content (AvgIpc) is 2.97. The van der Waals surface area contributed by atoms with Gasteiger partial charge in [0.15, 0.2) is 5.58 Å². The van der Waals surface area contributed by atoms with Gasteiger partial charge in [-0.25, -0.2) is 13.1 Å². The molecule has 1 aliphatic rings. The number of fused-ring (bicyclic) bond motifs is 1. The molecular formula is C15H20N2O4S2. The monoisotopic (exact) mass is 356 g/mol. The van der Waals surface area contributed by atoms with Gasteiger partial charge < -0.3 is 9.26 Å². The Labute approximate surface area is 140 Å². The van der Waals surface area contributed by atoms with Gasteiger partial charge in [-0.05, 0) is 36.5 Å². The maximum Gasteiger partial charge on any atom is 0.217 e. The van der Waals surface area contributed by atoms with Crippen molar-refractivity contribution in [1.29, 1.82) is 0 Å². The third kappa shape index (κ3) is 3.88. The number of methoxy groups -OCH3 is 1. The van der Waals surface area contributed by atoms with Crippen LogP contribution in [-0.2, 0) is 20.5 Å². The highest BCUT2D eigenvalue weighted by molar-refractivity contribution is 7.99. The van der Waals surface area contributed by atoms with E-state index in [0.29, 0.717) is 17.8 Å². The Morgan fingerprint density at radius 1 is 1.35 bits per heavy atom. The van der Waals surface area contributed by atoms with Crippen LogP contribution < -0.4 is 4.72 Å². The second kappa shape index (κ2) is 6.80. The summed E-state index contributed by atoms with van der Waals surface area (Å²) in [6.07, 6.45) is 1.70. The number of hydrogen-bond acceptors (Lipinski definition) is 6. The van der Waals surface area contributed by atoms with Gasteiger partial charge in [-0.2, -0.15) is 11.8 Å². The van der Waals surface area contributed by atoms with Gasteiger partial charge >= 0.3 is 0 Å². The van der Waals surface area contributed by atoms with Gasteiger partial charge in [0.1, 0.15) is 11.4 Å². The van der Waals surface area contributed by atoms with Crippen LogP contribution in [0.15, 0.2) is 28.8 Å². The van der Waals surface area contributed by atoms with Crippen molar-refractivity contribution in [1.82, 2.24) is 9.88 Å². The first-order valence-electron chi connectivity index (χ1n) is 7.47. The lowest BCUT2D eigenvalue weighted by atomic mass is 9.97. The minimum absolute atomic E-state index is 0.196. The maximum atomic E-state index is 12.4. The van der Waals surface area contributed by atoms with Crippen LogP contribution in [-0.4, -0.2) is 44.3 Å². The average molecular weight is 356 g/mol. The fraction of sp³-hybridized carbons (Fsp3) is 0.533. The number of aromatic nitrogens is 1. The predicted octanol–water partition coefficient (Wildman–Crippen LogP) is 2.16. The van der Waals surface area contributed by atoms with Gasteiger partial charge in [0.2, 0.25) is 10.0 Å². The van der Waals surface area contributed by atoms with Gasteiger partial charge in [0, 0.05) is 19.0 Å². The fourth-order valence-electron chi connectivity index (χ4n) is 2.71. The smallest absolute Gasteiger partial charge is 0.217 e. The van der Waals surface area contributed by atoms with Crippen LogP contribution >= 0.6 is 11.8 Å². The van der Waals surface area contributed by atoms with Crippen molar-refractivity contribution in [2.24, 2.45) is 0 Å². The quantitative estimate of drug-likeness (QED) is 0.854. The molecule has 0 atom stereocenters. The molecule has 1 aromatic carbocycles. The van der Waals surface area contributed by atoms with E-state index in [1.807, 2.05) is 30.0 Å². The summed E-state index contributed by atoms with van der Waals surface area (Å²) in [5, 5.41) is 4.61. The molecule has 0 unspecified atom stereocenters. The Morgan fingerprint density at radius 2 is 2.09 bits per heavy atom. The van der Waals surface area contributed by atoms with Crippen molar-refractivity contribution in [3.05, 3.63) is 30.0 Å². The molecule has 1 fully saturated rings. The lowest BCUT2D eigenvalue weighted by Gasteiger charge is -2.35. The highest BCUT2D eigenvalue weighted by Crippen LogP contribution is 2.29. The van der Waals surface area contributed by atoms with E-state index in [1.54, 1.807) is 13.2 Å². The molecule has 6 nitrogen and oxygen atoms in total. The molecule has 0 radical (unpaired) electrons. The number of thioether (sulfide) groups is 1. The molecular weight excluding hydrogens is 336 g/mol.